The van der Waals surface area contributed by atoms with Gasteiger partial charge in [-0.05, 0) is 20.3 Å². The predicted molar refractivity (Wildman–Crippen MR) is 65.7 cm³/mol. The molecule has 0 atom stereocenters. The summed E-state index contributed by atoms with van der Waals surface area (Å²) in [6, 6.07) is 0. The van der Waals surface area contributed by atoms with Gasteiger partial charge >= 0.3 is 0 Å². The summed E-state index contributed by atoms with van der Waals surface area (Å²) in [5.41, 5.74) is 0. The minimum atomic E-state index is -1.12. The van der Waals surface area contributed by atoms with Gasteiger partial charge in [-0.15, -0.1) is 0 Å². The van der Waals surface area contributed by atoms with Gasteiger partial charge in [-0.1, -0.05) is 6.92 Å². The number of aliphatic hydroxyl groups excluding tert-OH is 3. The van der Waals surface area contributed by atoms with Crippen molar-refractivity contribution in [3.8, 4) is 0 Å². The molecule has 0 rings (SSSR count). The van der Waals surface area contributed by atoms with Gasteiger partial charge in [0.2, 0.25) is 0 Å². The summed E-state index contributed by atoms with van der Waals surface area (Å²) in [6.07, 6.45) is -0.699. The first-order valence-electron chi connectivity index (χ1n) is 5.83. The summed E-state index contributed by atoms with van der Waals surface area (Å²) < 4.78 is 9.47. The van der Waals surface area contributed by atoms with Crippen LogP contribution in [0.4, 0.5) is 0 Å². The molecule has 0 spiro atoms. The van der Waals surface area contributed by atoms with Crippen LogP contribution in [0.15, 0.2) is 0 Å². The van der Waals surface area contributed by atoms with E-state index >= 15 is 0 Å². The van der Waals surface area contributed by atoms with E-state index in [1.165, 1.54) is 0 Å². The van der Waals surface area contributed by atoms with Crippen LogP contribution >= 0.6 is 0 Å². The van der Waals surface area contributed by atoms with Gasteiger partial charge in [-0.3, -0.25) is 0 Å². The molecule has 0 aromatic heterocycles. The zero-order valence-corrected chi connectivity index (χ0v) is 11.1. The second kappa shape index (κ2) is 24.8. The van der Waals surface area contributed by atoms with Crippen LogP contribution in [0.25, 0.3) is 0 Å². The second-order valence-corrected chi connectivity index (χ2v) is 2.73. The molecule has 0 aliphatic rings. The molecule has 0 aromatic rings. The third-order valence-corrected chi connectivity index (χ3v) is 1.24. The topological polar surface area (TPSA) is 99.4 Å². The van der Waals surface area contributed by atoms with Gasteiger partial charge in [-0.25, -0.2) is 0 Å². The maximum absolute atomic E-state index is 8.09. The van der Waals surface area contributed by atoms with E-state index in [4.69, 9.17) is 25.2 Å². The van der Waals surface area contributed by atoms with Crippen LogP contribution in [0, 0.1) is 0 Å². The van der Waals surface area contributed by atoms with Crippen molar-refractivity contribution in [3.05, 3.63) is 0 Å². The molecule has 6 heteroatoms. The highest BCUT2D eigenvalue weighted by Crippen LogP contribution is 1.77. The fourth-order valence-electron chi connectivity index (χ4n) is 0.435. The normalized spacial score (nSPS) is 9.18. The van der Waals surface area contributed by atoms with Gasteiger partial charge < -0.3 is 29.9 Å². The third kappa shape index (κ3) is 49.6. The standard InChI is InChI=1S/C4H10O3.C4H10O.C3H8O2/c5-1-3-7-4-2-6;1-3-5-4-2;1-2-3(4)5/h5-6H,1-4H2;3-4H2,1-2H3;3-5H,2H2,1H3. The first kappa shape index (κ1) is 22.0. The van der Waals surface area contributed by atoms with Gasteiger partial charge in [0.25, 0.3) is 0 Å². The molecule has 0 heterocycles. The van der Waals surface area contributed by atoms with Crippen molar-refractivity contribution in [2.24, 2.45) is 0 Å². The number of ether oxygens (including phenoxy) is 2. The minimum Gasteiger partial charge on any atom is -0.394 e. The zero-order chi connectivity index (χ0) is 13.9. The maximum atomic E-state index is 8.09. The van der Waals surface area contributed by atoms with E-state index < -0.39 is 6.29 Å². The first-order valence-corrected chi connectivity index (χ1v) is 5.83. The Morgan fingerprint density at radius 2 is 1.18 bits per heavy atom. The predicted octanol–water partition coefficient (Wildman–Crippen LogP) is -0.262. The van der Waals surface area contributed by atoms with Crippen LogP contribution < -0.4 is 0 Å². The molecule has 17 heavy (non-hydrogen) atoms. The lowest BCUT2D eigenvalue weighted by molar-refractivity contribution is -0.0413. The number of aliphatic hydroxyl groups is 4. The van der Waals surface area contributed by atoms with Gasteiger partial charge in [0.05, 0.1) is 26.4 Å². The number of hydrogen-bond donors (Lipinski definition) is 4. The summed E-state index contributed by atoms with van der Waals surface area (Å²) in [5, 5.41) is 32.0. The number of rotatable bonds is 7. The molecule has 6 nitrogen and oxygen atoms in total. The molecule has 108 valence electrons. The van der Waals surface area contributed by atoms with E-state index in [0.29, 0.717) is 19.6 Å². The molecule has 0 amide bonds. The third-order valence-electron chi connectivity index (χ3n) is 1.24. The van der Waals surface area contributed by atoms with Crippen molar-refractivity contribution in [2.75, 3.05) is 39.6 Å². The van der Waals surface area contributed by atoms with Gasteiger partial charge in [-0.2, -0.15) is 0 Å². The lowest BCUT2D eigenvalue weighted by Gasteiger charge is -1.94. The quantitative estimate of drug-likeness (QED) is 0.370. The lowest BCUT2D eigenvalue weighted by atomic mass is 10.5. The van der Waals surface area contributed by atoms with Crippen molar-refractivity contribution < 1.29 is 29.9 Å². The van der Waals surface area contributed by atoms with Crippen LogP contribution in [0.1, 0.15) is 27.2 Å². The van der Waals surface area contributed by atoms with Crippen molar-refractivity contribution in [3.63, 3.8) is 0 Å². The smallest absolute Gasteiger partial charge is 0.151 e. The molecule has 0 aromatic carbocycles. The molecular weight excluding hydrogens is 228 g/mol. The summed E-state index contributed by atoms with van der Waals surface area (Å²) in [7, 11) is 0. The monoisotopic (exact) mass is 256 g/mol. The zero-order valence-electron chi connectivity index (χ0n) is 11.1. The van der Waals surface area contributed by atoms with E-state index in [-0.39, 0.29) is 13.2 Å². The van der Waals surface area contributed by atoms with E-state index in [0.717, 1.165) is 13.2 Å². The van der Waals surface area contributed by atoms with E-state index in [1.807, 2.05) is 13.8 Å². The number of hydrogen-bond acceptors (Lipinski definition) is 6. The van der Waals surface area contributed by atoms with Crippen LogP contribution in [-0.2, 0) is 9.47 Å². The van der Waals surface area contributed by atoms with E-state index in [1.54, 1.807) is 6.92 Å². The molecule has 0 radical (unpaired) electrons. The fourth-order valence-corrected chi connectivity index (χ4v) is 0.435. The first-order chi connectivity index (χ1) is 8.10. The Hall–Kier alpha value is -0.240. The largest absolute Gasteiger partial charge is 0.394 e. The van der Waals surface area contributed by atoms with Crippen molar-refractivity contribution in [1.82, 2.24) is 0 Å². The highest BCUT2D eigenvalue weighted by Gasteiger charge is 1.83. The molecule has 0 saturated carbocycles. The highest BCUT2D eigenvalue weighted by molar-refractivity contribution is 4.24. The summed E-state index contributed by atoms with van der Waals surface area (Å²) in [4.78, 5) is 0. The molecule has 0 fully saturated rings. The van der Waals surface area contributed by atoms with Crippen molar-refractivity contribution in [1.29, 1.82) is 0 Å². The molecule has 0 unspecified atom stereocenters. The molecule has 0 saturated heterocycles. The second-order valence-electron chi connectivity index (χ2n) is 2.73. The van der Waals surface area contributed by atoms with Crippen molar-refractivity contribution >= 4 is 0 Å². The van der Waals surface area contributed by atoms with E-state index in [2.05, 4.69) is 4.74 Å². The van der Waals surface area contributed by atoms with Crippen LogP contribution in [0.3, 0.4) is 0 Å². The summed E-state index contributed by atoms with van der Waals surface area (Å²) in [6.45, 7) is 8.06. The highest BCUT2D eigenvalue weighted by atomic mass is 16.5. The molecular formula is C11H28O6. The Balaban J connectivity index is -0.000000177. The van der Waals surface area contributed by atoms with Gasteiger partial charge in [0.15, 0.2) is 6.29 Å². The maximum Gasteiger partial charge on any atom is 0.151 e. The Morgan fingerprint density at radius 1 is 0.824 bits per heavy atom. The molecule has 0 aliphatic heterocycles. The Morgan fingerprint density at radius 3 is 1.29 bits per heavy atom. The average molecular weight is 256 g/mol. The van der Waals surface area contributed by atoms with Crippen LogP contribution in [0.2, 0.25) is 0 Å². The van der Waals surface area contributed by atoms with E-state index in [9.17, 15) is 0 Å². The van der Waals surface area contributed by atoms with Crippen LogP contribution in [0.5, 0.6) is 0 Å². The molecule has 4 N–H and O–H groups in total. The minimum absolute atomic E-state index is 0.0278. The summed E-state index contributed by atoms with van der Waals surface area (Å²) in [5.74, 6) is 0. The fraction of sp³-hybridized carbons (Fsp3) is 1.00. The van der Waals surface area contributed by atoms with Gasteiger partial charge in [0, 0.05) is 13.2 Å². The SMILES string of the molecule is CCC(O)O.CCOCC.OCCOCCO. The van der Waals surface area contributed by atoms with Crippen LogP contribution in [-0.4, -0.2) is 66.4 Å². The molecule has 0 bridgehead atoms. The van der Waals surface area contributed by atoms with Gasteiger partial charge in [0.1, 0.15) is 0 Å². The lowest BCUT2D eigenvalue weighted by Crippen LogP contribution is -2.03. The average Bonchev–Trinajstić information content (AvgIpc) is 2.32. The Labute approximate surface area is 104 Å². The summed E-state index contributed by atoms with van der Waals surface area (Å²) >= 11 is 0. The Bertz CT molecular complexity index is 94.0. The molecule has 0 aliphatic carbocycles. The van der Waals surface area contributed by atoms with Crippen molar-refractivity contribution in [2.45, 2.75) is 33.5 Å². The Kier molecular flexibility index (Phi) is 32.1.